The second kappa shape index (κ2) is 11.0. The van der Waals surface area contributed by atoms with Crippen molar-refractivity contribution >= 4 is 17.7 Å². The Morgan fingerprint density at radius 2 is 2.05 bits per heavy atom. The maximum atomic E-state index is 13.4. The SMILES string of the molecule is CCCN(C)C(=O)Oc1ccc(-c2cnc(C3CCc4cc(-c5cc(Cl)ccc5-n5cnnn5)cc(=O)n43)[nH]2)nc1. The topological polar surface area (TPSA) is 137 Å². The normalized spacial score (nSPS) is 14.2. The number of carbonyl (C=O) groups excluding carboxylic acids is 1. The van der Waals surface area contributed by atoms with Crippen LogP contribution in [0.5, 0.6) is 5.75 Å². The number of rotatable bonds is 7. The number of hydrogen-bond acceptors (Lipinski definition) is 8. The largest absolute Gasteiger partial charge is 0.415 e. The van der Waals surface area contributed by atoms with Crippen LogP contribution in [-0.4, -0.2) is 64.3 Å². The fourth-order valence-electron chi connectivity index (χ4n) is 5.06. The number of aromatic amines is 1. The number of benzene rings is 1. The fourth-order valence-corrected chi connectivity index (χ4v) is 5.23. The molecule has 41 heavy (non-hydrogen) atoms. The van der Waals surface area contributed by atoms with Crippen molar-refractivity contribution in [1.82, 2.24) is 44.6 Å². The van der Waals surface area contributed by atoms with Gasteiger partial charge in [0.1, 0.15) is 12.2 Å². The number of halogens is 1. The van der Waals surface area contributed by atoms with Crippen LogP contribution in [0.25, 0.3) is 28.2 Å². The van der Waals surface area contributed by atoms with Crippen molar-refractivity contribution in [2.75, 3.05) is 13.6 Å². The van der Waals surface area contributed by atoms with E-state index in [1.807, 2.05) is 19.1 Å². The van der Waals surface area contributed by atoms with Gasteiger partial charge in [0.2, 0.25) is 0 Å². The van der Waals surface area contributed by atoms with Crippen molar-refractivity contribution in [2.45, 2.75) is 32.2 Å². The molecule has 1 N–H and O–H groups in total. The number of H-pyrrole nitrogens is 1. The second-order valence-corrected chi connectivity index (χ2v) is 10.2. The molecule has 0 aliphatic carbocycles. The highest BCUT2D eigenvalue weighted by atomic mass is 35.5. The molecule has 5 heterocycles. The predicted molar refractivity (Wildman–Crippen MR) is 151 cm³/mol. The summed E-state index contributed by atoms with van der Waals surface area (Å²) in [7, 11) is 1.69. The summed E-state index contributed by atoms with van der Waals surface area (Å²) in [5.74, 6) is 1.03. The van der Waals surface area contributed by atoms with Gasteiger partial charge in [0.15, 0.2) is 5.75 Å². The second-order valence-electron chi connectivity index (χ2n) is 9.76. The zero-order valence-corrected chi connectivity index (χ0v) is 23.1. The summed E-state index contributed by atoms with van der Waals surface area (Å²) in [6.07, 6.45) is 6.53. The number of ether oxygens (including phenoxy) is 1. The van der Waals surface area contributed by atoms with Crippen LogP contribution in [0, 0.1) is 0 Å². The minimum Gasteiger partial charge on any atom is -0.409 e. The number of aromatic nitrogens is 8. The molecule has 13 heteroatoms. The van der Waals surface area contributed by atoms with Crippen molar-refractivity contribution in [1.29, 1.82) is 0 Å². The lowest BCUT2D eigenvalue weighted by molar-refractivity contribution is 0.163. The summed E-state index contributed by atoms with van der Waals surface area (Å²) in [5.41, 5.74) is 4.31. The summed E-state index contributed by atoms with van der Waals surface area (Å²) >= 11 is 6.31. The first-order valence-electron chi connectivity index (χ1n) is 13.1. The van der Waals surface area contributed by atoms with Crippen LogP contribution in [0.4, 0.5) is 4.79 Å². The molecular formula is C28H26ClN9O3. The van der Waals surface area contributed by atoms with E-state index in [4.69, 9.17) is 16.3 Å². The monoisotopic (exact) mass is 571 g/mol. The van der Waals surface area contributed by atoms with E-state index in [9.17, 15) is 9.59 Å². The number of nitrogens with zero attached hydrogens (tertiary/aromatic N) is 8. The summed E-state index contributed by atoms with van der Waals surface area (Å²) in [6.45, 7) is 2.60. The molecule has 1 atom stereocenters. The number of nitrogens with one attached hydrogen (secondary N) is 1. The van der Waals surface area contributed by atoms with E-state index in [0.717, 1.165) is 28.9 Å². The Morgan fingerprint density at radius 1 is 1.17 bits per heavy atom. The van der Waals surface area contributed by atoms with Crippen LogP contribution in [0.15, 0.2) is 66.0 Å². The third kappa shape index (κ3) is 5.21. The number of aryl methyl sites for hydroxylation is 1. The van der Waals surface area contributed by atoms with Crippen LogP contribution >= 0.6 is 11.6 Å². The van der Waals surface area contributed by atoms with E-state index in [1.165, 1.54) is 17.4 Å². The number of imidazole rings is 1. The van der Waals surface area contributed by atoms with Crippen LogP contribution in [0.3, 0.4) is 0 Å². The molecular weight excluding hydrogens is 546 g/mol. The number of amides is 1. The Labute approximate surface area is 239 Å². The first-order valence-corrected chi connectivity index (χ1v) is 13.5. The fraction of sp³-hybridized carbons (Fsp3) is 0.250. The molecule has 4 aromatic heterocycles. The first kappa shape index (κ1) is 26.4. The standard InChI is InChI=1S/C28H26ClN9O3/c1-3-10-36(2)28(40)41-20-6-7-22(30-14-20)23-15-31-27(33-23)25-9-5-19-11-17(12-26(39)38(19)25)21-13-18(29)4-8-24(21)37-16-32-34-35-37/h4,6-8,11-16,25H,3,5,9-10H2,1-2H3,(H,31,33). The summed E-state index contributed by atoms with van der Waals surface area (Å²) in [4.78, 5) is 39.4. The van der Waals surface area contributed by atoms with E-state index in [1.54, 1.807) is 52.8 Å². The molecule has 0 fully saturated rings. The molecule has 0 bridgehead atoms. The van der Waals surface area contributed by atoms with Crippen molar-refractivity contribution in [3.63, 3.8) is 0 Å². The molecule has 1 aliphatic rings. The van der Waals surface area contributed by atoms with Gasteiger partial charge >= 0.3 is 6.09 Å². The number of hydrogen-bond donors (Lipinski definition) is 1. The van der Waals surface area contributed by atoms with Gasteiger partial charge in [-0.05, 0) is 71.7 Å². The van der Waals surface area contributed by atoms with Gasteiger partial charge in [0, 0.05) is 35.9 Å². The van der Waals surface area contributed by atoms with Crippen LogP contribution in [-0.2, 0) is 6.42 Å². The third-order valence-corrected chi connectivity index (χ3v) is 7.23. The Balaban J connectivity index is 1.24. The summed E-state index contributed by atoms with van der Waals surface area (Å²) in [6, 6.07) is 12.2. The Morgan fingerprint density at radius 3 is 2.80 bits per heavy atom. The van der Waals surface area contributed by atoms with Gasteiger partial charge in [-0.15, -0.1) is 5.10 Å². The summed E-state index contributed by atoms with van der Waals surface area (Å²) in [5, 5.41) is 12.0. The molecule has 0 saturated heterocycles. The molecule has 0 saturated carbocycles. The minimum atomic E-state index is -0.430. The molecule has 1 unspecified atom stereocenters. The first-order chi connectivity index (χ1) is 19.9. The number of pyridine rings is 2. The van der Waals surface area contributed by atoms with E-state index < -0.39 is 6.09 Å². The lowest BCUT2D eigenvalue weighted by Gasteiger charge is -2.15. The highest BCUT2D eigenvalue weighted by Crippen LogP contribution is 2.34. The van der Waals surface area contributed by atoms with E-state index in [-0.39, 0.29) is 11.6 Å². The quantitative estimate of drug-likeness (QED) is 0.305. The maximum absolute atomic E-state index is 13.4. The van der Waals surface area contributed by atoms with Crippen LogP contribution in [0.1, 0.15) is 37.3 Å². The van der Waals surface area contributed by atoms with Gasteiger partial charge in [-0.2, -0.15) is 4.68 Å². The highest BCUT2D eigenvalue weighted by Gasteiger charge is 2.28. The minimum absolute atomic E-state index is 0.141. The third-order valence-electron chi connectivity index (χ3n) is 7.00. The van der Waals surface area contributed by atoms with Crippen molar-refractivity contribution in [3.8, 4) is 34.0 Å². The van der Waals surface area contributed by atoms with Crippen molar-refractivity contribution in [2.24, 2.45) is 0 Å². The zero-order valence-electron chi connectivity index (χ0n) is 22.4. The van der Waals surface area contributed by atoms with Gasteiger partial charge in [0.25, 0.3) is 5.56 Å². The molecule has 0 spiro atoms. The molecule has 1 aromatic carbocycles. The summed E-state index contributed by atoms with van der Waals surface area (Å²) < 4.78 is 8.69. The number of fused-ring (bicyclic) bond motifs is 1. The molecule has 208 valence electrons. The maximum Gasteiger partial charge on any atom is 0.415 e. The lowest BCUT2D eigenvalue weighted by Crippen LogP contribution is -2.30. The zero-order chi connectivity index (χ0) is 28.5. The molecule has 12 nitrogen and oxygen atoms in total. The van der Waals surface area contributed by atoms with Crippen molar-refractivity contribution < 1.29 is 9.53 Å². The predicted octanol–water partition coefficient (Wildman–Crippen LogP) is 4.31. The average molecular weight is 572 g/mol. The van der Waals surface area contributed by atoms with E-state index >= 15 is 0 Å². The van der Waals surface area contributed by atoms with E-state index in [0.29, 0.717) is 47.4 Å². The van der Waals surface area contributed by atoms with Gasteiger partial charge in [-0.1, -0.05) is 18.5 Å². The van der Waals surface area contributed by atoms with Gasteiger partial charge in [0.05, 0.1) is 35.5 Å². The average Bonchev–Trinajstić information content (AvgIpc) is 3.75. The lowest BCUT2D eigenvalue weighted by atomic mass is 10.0. The molecule has 0 radical (unpaired) electrons. The van der Waals surface area contributed by atoms with Crippen LogP contribution in [0.2, 0.25) is 5.02 Å². The molecule has 1 aliphatic heterocycles. The van der Waals surface area contributed by atoms with Gasteiger partial charge in [-0.3, -0.25) is 9.78 Å². The Bertz CT molecular complexity index is 1760. The highest BCUT2D eigenvalue weighted by molar-refractivity contribution is 6.31. The Kier molecular flexibility index (Phi) is 7.06. The van der Waals surface area contributed by atoms with Crippen molar-refractivity contribution in [3.05, 3.63) is 88.1 Å². The molecule has 5 aromatic rings. The van der Waals surface area contributed by atoms with Crippen LogP contribution < -0.4 is 10.3 Å². The van der Waals surface area contributed by atoms with Gasteiger partial charge < -0.3 is 19.2 Å². The molecule has 1 amide bonds. The van der Waals surface area contributed by atoms with Gasteiger partial charge in [-0.25, -0.2) is 9.78 Å². The smallest absolute Gasteiger partial charge is 0.409 e. The number of carbonyl (C=O) groups is 1. The molecule has 6 rings (SSSR count). The van der Waals surface area contributed by atoms with E-state index in [2.05, 4.69) is 30.5 Å². The number of tetrazole rings is 1. The Hall–Kier alpha value is -4.84.